The predicted molar refractivity (Wildman–Crippen MR) is 91.6 cm³/mol. The summed E-state index contributed by atoms with van der Waals surface area (Å²) in [5.41, 5.74) is 1.78. The third-order valence-corrected chi connectivity index (χ3v) is 3.34. The fourth-order valence-corrected chi connectivity index (χ4v) is 2.31. The Morgan fingerprint density at radius 2 is 1.92 bits per heavy atom. The zero-order valence-electron chi connectivity index (χ0n) is 13.6. The maximum Gasteiger partial charge on any atom is 0.221 e. The Morgan fingerprint density at radius 3 is 2.62 bits per heavy atom. The first kappa shape index (κ1) is 15.9. The minimum Gasteiger partial charge on any atom is -0.489 e. The highest BCUT2D eigenvalue weighted by atomic mass is 16.5. The topological polar surface area (TPSA) is 61.3 Å². The number of carbonyl (C=O) groups is 1. The monoisotopic (exact) mass is 322 g/mol. The van der Waals surface area contributed by atoms with E-state index < -0.39 is 0 Å². The van der Waals surface area contributed by atoms with Crippen molar-refractivity contribution in [2.75, 3.05) is 0 Å². The van der Waals surface area contributed by atoms with Crippen LogP contribution >= 0.6 is 0 Å². The molecule has 0 amide bonds. The van der Waals surface area contributed by atoms with Crippen LogP contribution in [0.15, 0.2) is 48.7 Å². The Balaban J connectivity index is 1.77. The van der Waals surface area contributed by atoms with Crippen LogP contribution in [0, 0.1) is 0 Å². The zero-order valence-corrected chi connectivity index (χ0v) is 13.6. The van der Waals surface area contributed by atoms with Gasteiger partial charge in [0.15, 0.2) is 0 Å². The van der Waals surface area contributed by atoms with Gasteiger partial charge in [0.2, 0.25) is 11.8 Å². The second kappa shape index (κ2) is 7.08. The molecule has 0 bridgehead atoms. The third kappa shape index (κ3) is 3.87. The molecule has 0 aliphatic rings. The Labute approximate surface area is 140 Å². The van der Waals surface area contributed by atoms with Gasteiger partial charge in [-0.1, -0.05) is 6.07 Å². The van der Waals surface area contributed by atoms with Crippen LogP contribution in [0.5, 0.6) is 17.5 Å². The van der Waals surface area contributed by atoms with Crippen LogP contribution in [0.3, 0.4) is 0 Å². The van der Waals surface area contributed by atoms with Crippen molar-refractivity contribution < 1.29 is 14.3 Å². The van der Waals surface area contributed by atoms with Crippen molar-refractivity contribution in [3.63, 3.8) is 0 Å². The van der Waals surface area contributed by atoms with Crippen LogP contribution < -0.4 is 9.47 Å². The van der Waals surface area contributed by atoms with Gasteiger partial charge in [0.1, 0.15) is 12.0 Å². The molecule has 2 aromatic heterocycles. The maximum absolute atomic E-state index is 10.6. The lowest BCUT2D eigenvalue weighted by molar-refractivity contribution is -0.107. The Hall–Kier alpha value is -2.95. The molecule has 0 spiro atoms. The summed E-state index contributed by atoms with van der Waals surface area (Å²) in [5, 5.41) is 0.968. The van der Waals surface area contributed by atoms with E-state index in [1.165, 1.54) is 0 Å². The van der Waals surface area contributed by atoms with Crippen molar-refractivity contribution in [1.29, 1.82) is 0 Å². The van der Waals surface area contributed by atoms with Crippen molar-refractivity contribution in [2.24, 2.45) is 0 Å². The van der Waals surface area contributed by atoms with Gasteiger partial charge in [0, 0.05) is 23.9 Å². The smallest absolute Gasteiger partial charge is 0.221 e. The van der Waals surface area contributed by atoms with Gasteiger partial charge < -0.3 is 14.3 Å². The van der Waals surface area contributed by atoms with E-state index in [-0.39, 0.29) is 6.10 Å². The molecule has 0 radical (unpaired) electrons. The molecule has 0 N–H and O–H groups in total. The zero-order chi connectivity index (χ0) is 16.9. The summed E-state index contributed by atoms with van der Waals surface area (Å²) in [5.74, 6) is 1.62. The summed E-state index contributed by atoms with van der Waals surface area (Å²) in [7, 11) is 0. The first-order valence-corrected chi connectivity index (χ1v) is 7.78. The number of hydrogen-bond acceptors (Lipinski definition) is 5. The van der Waals surface area contributed by atoms with Crippen molar-refractivity contribution >= 4 is 17.2 Å². The lowest BCUT2D eigenvalue weighted by Crippen LogP contribution is -2.05. The molecule has 5 heteroatoms. The number of carbonyl (C=O) groups excluding carboxylic acids is 1. The van der Waals surface area contributed by atoms with E-state index in [0.29, 0.717) is 23.9 Å². The number of aromatic nitrogens is 2. The van der Waals surface area contributed by atoms with E-state index >= 15 is 0 Å². The second-order valence-electron chi connectivity index (χ2n) is 5.65. The fourth-order valence-electron chi connectivity index (χ4n) is 2.31. The average Bonchev–Trinajstić information content (AvgIpc) is 2.57. The number of ether oxygens (including phenoxy) is 2. The molecule has 0 fully saturated rings. The van der Waals surface area contributed by atoms with Crippen LogP contribution in [0.2, 0.25) is 0 Å². The number of fused-ring (bicyclic) bond motifs is 1. The van der Waals surface area contributed by atoms with E-state index in [4.69, 9.17) is 9.47 Å². The average molecular weight is 322 g/mol. The standard InChI is InChI=1S/C19H18N2O3/c1-13(2)23-16-5-8-18(20-12-16)24-19-7-4-15-11-14(9-10-22)3-6-17(15)21-19/h3-8,10-13H,9H2,1-2H3. The van der Waals surface area contributed by atoms with Crippen LogP contribution in [-0.4, -0.2) is 22.4 Å². The molecule has 122 valence electrons. The summed E-state index contributed by atoms with van der Waals surface area (Å²) < 4.78 is 11.2. The van der Waals surface area contributed by atoms with Crippen molar-refractivity contribution in [3.8, 4) is 17.5 Å². The lowest BCUT2D eigenvalue weighted by atomic mass is 10.1. The number of rotatable bonds is 6. The maximum atomic E-state index is 10.6. The van der Waals surface area contributed by atoms with E-state index in [0.717, 1.165) is 22.8 Å². The summed E-state index contributed by atoms with van der Waals surface area (Å²) in [4.78, 5) is 19.3. The SMILES string of the molecule is CC(C)Oc1ccc(Oc2ccc3cc(CC=O)ccc3n2)nc1. The number of pyridine rings is 2. The molecule has 24 heavy (non-hydrogen) atoms. The summed E-state index contributed by atoms with van der Waals surface area (Å²) >= 11 is 0. The molecule has 0 unspecified atom stereocenters. The quantitative estimate of drug-likeness (QED) is 0.643. The molecular weight excluding hydrogens is 304 g/mol. The summed E-state index contributed by atoms with van der Waals surface area (Å²) in [6.45, 7) is 3.92. The molecule has 3 aromatic rings. The predicted octanol–water partition coefficient (Wildman–Crippen LogP) is 3.95. The first-order chi connectivity index (χ1) is 11.6. The van der Waals surface area contributed by atoms with Gasteiger partial charge >= 0.3 is 0 Å². The van der Waals surface area contributed by atoms with Gasteiger partial charge in [-0.2, -0.15) is 0 Å². The number of benzene rings is 1. The van der Waals surface area contributed by atoms with E-state index in [2.05, 4.69) is 9.97 Å². The number of hydrogen-bond donors (Lipinski definition) is 0. The largest absolute Gasteiger partial charge is 0.489 e. The van der Waals surface area contributed by atoms with Crippen molar-refractivity contribution in [3.05, 3.63) is 54.2 Å². The molecule has 0 saturated heterocycles. The highest BCUT2D eigenvalue weighted by Gasteiger charge is 2.04. The molecule has 0 saturated carbocycles. The minimum absolute atomic E-state index is 0.102. The lowest BCUT2D eigenvalue weighted by Gasteiger charge is -2.10. The minimum atomic E-state index is 0.102. The number of aldehydes is 1. The molecule has 3 rings (SSSR count). The van der Waals surface area contributed by atoms with Crippen LogP contribution in [-0.2, 0) is 11.2 Å². The van der Waals surface area contributed by atoms with Crippen molar-refractivity contribution in [2.45, 2.75) is 26.4 Å². The first-order valence-electron chi connectivity index (χ1n) is 7.78. The van der Waals surface area contributed by atoms with Gasteiger partial charge in [0.05, 0.1) is 17.8 Å². The normalized spacial score (nSPS) is 10.8. The summed E-state index contributed by atoms with van der Waals surface area (Å²) in [6.07, 6.45) is 3.03. The van der Waals surface area contributed by atoms with Gasteiger partial charge in [-0.3, -0.25) is 0 Å². The van der Waals surface area contributed by atoms with Gasteiger partial charge in [-0.25, -0.2) is 9.97 Å². The van der Waals surface area contributed by atoms with Gasteiger partial charge in [-0.15, -0.1) is 0 Å². The Morgan fingerprint density at radius 1 is 1.08 bits per heavy atom. The molecule has 0 aliphatic carbocycles. The molecule has 2 heterocycles. The van der Waals surface area contributed by atoms with Crippen LogP contribution in [0.25, 0.3) is 10.9 Å². The Kier molecular flexibility index (Phi) is 4.70. The van der Waals surface area contributed by atoms with Gasteiger partial charge in [0.25, 0.3) is 0 Å². The van der Waals surface area contributed by atoms with E-state index in [9.17, 15) is 4.79 Å². The number of nitrogens with zero attached hydrogens (tertiary/aromatic N) is 2. The third-order valence-electron chi connectivity index (χ3n) is 3.34. The molecular formula is C19H18N2O3. The summed E-state index contributed by atoms with van der Waals surface area (Å²) in [6, 6.07) is 13.0. The van der Waals surface area contributed by atoms with Crippen molar-refractivity contribution in [1.82, 2.24) is 9.97 Å². The van der Waals surface area contributed by atoms with E-state index in [1.807, 2.05) is 44.2 Å². The highest BCUT2D eigenvalue weighted by Crippen LogP contribution is 2.23. The fraction of sp³-hybridized carbons (Fsp3) is 0.211. The second-order valence-corrected chi connectivity index (χ2v) is 5.65. The molecule has 0 aliphatic heterocycles. The molecule has 5 nitrogen and oxygen atoms in total. The molecule has 0 atom stereocenters. The molecule has 1 aromatic carbocycles. The van der Waals surface area contributed by atoms with Gasteiger partial charge in [-0.05, 0) is 43.7 Å². The van der Waals surface area contributed by atoms with Crippen LogP contribution in [0.1, 0.15) is 19.4 Å². The Bertz CT molecular complexity index is 845. The highest BCUT2D eigenvalue weighted by molar-refractivity contribution is 5.80. The van der Waals surface area contributed by atoms with Crippen LogP contribution in [0.4, 0.5) is 0 Å². The van der Waals surface area contributed by atoms with E-state index in [1.54, 1.807) is 18.3 Å².